The van der Waals surface area contributed by atoms with Crippen LogP contribution in [0.5, 0.6) is 5.75 Å². The molecule has 0 spiro atoms. The van der Waals surface area contributed by atoms with E-state index in [0.717, 1.165) is 18.7 Å². The number of para-hydroxylation sites is 1. The van der Waals surface area contributed by atoms with Gasteiger partial charge in [0.05, 0.1) is 11.9 Å². The molecule has 0 bridgehead atoms. The van der Waals surface area contributed by atoms with E-state index in [0.29, 0.717) is 6.54 Å². The van der Waals surface area contributed by atoms with Gasteiger partial charge in [0, 0.05) is 23.6 Å². The van der Waals surface area contributed by atoms with Crippen molar-refractivity contribution in [3.05, 3.63) is 60.0 Å². The number of aromatic hydroxyl groups is 1. The number of aromatic nitrogens is 2. The van der Waals surface area contributed by atoms with Gasteiger partial charge in [0.25, 0.3) is 0 Å². The summed E-state index contributed by atoms with van der Waals surface area (Å²) in [4.78, 5) is 7.43. The van der Waals surface area contributed by atoms with E-state index in [1.54, 1.807) is 6.07 Å². The summed E-state index contributed by atoms with van der Waals surface area (Å²) in [6.45, 7) is 1.60. The molecule has 0 saturated carbocycles. The predicted molar refractivity (Wildman–Crippen MR) is 79.6 cm³/mol. The van der Waals surface area contributed by atoms with Gasteiger partial charge in [-0.15, -0.1) is 0 Å². The molecule has 4 heteroatoms. The summed E-state index contributed by atoms with van der Waals surface area (Å²) >= 11 is 0. The Morgan fingerprint density at radius 3 is 2.90 bits per heavy atom. The largest absolute Gasteiger partial charge is 0.506 e. The molecule has 0 saturated heterocycles. The second kappa shape index (κ2) is 5.75. The quantitative estimate of drug-likeness (QED) is 0.623. The number of rotatable bonds is 5. The summed E-state index contributed by atoms with van der Waals surface area (Å²) < 4.78 is 0. The minimum atomic E-state index is 0.201. The van der Waals surface area contributed by atoms with Crippen LogP contribution in [0.2, 0.25) is 0 Å². The van der Waals surface area contributed by atoms with Gasteiger partial charge in [-0.2, -0.15) is 0 Å². The molecule has 102 valence electrons. The maximum atomic E-state index is 9.17. The van der Waals surface area contributed by atoms with E-state index in [2.05, 4.69) is 39.7 Å². The molecule has 0 amide bonds. The van der Waals surface area contributed by atoms with Crippen LogP contribution in [-0.4, -0.2) is 21.6 Å². The third-order valence-corrected chi connectivity index (χ3v) is 3.36. The lowest BCUT2D eigenvalue weighted by molar-refractivity contribution is 0.471. The lowest BCUT2D eigenvalue weighted by Crippen LogP contribution is -2.17. The molecular weight excluding hydrogens is 250 g/mol. The fourth-order valence-electron chi connectivity index (χ4n) is 2.30. The maximum absolute atomic E-state index is 9.17. The summed E-state index contributed by atoms with van der Waals surface area (Å²) in [6, 6.07) is 11.8. The Hall–Kier alpha value is -2.33. The van der Waals surface area contributed by atoms with Gasteiger partial charge < -0.3 is 15.4 Å². The molecule has 2 heterocycles. The molecule has 4 nitrogen and oxygen atoms in total. The average molecular weight is 267 g/mol. The highest BCUT2D eigenvalue weighted by molar-refractivity contribution is 5.83. The molecule has 0 aliphatic heterocycles. The van der Waals surface area contributed by atoms with Gasteiger partial charge in [0.15, 0.2) is 0 Å². The number of fused-ring (bicyclic) bond motifs is 1. The van der Waals surface area contributed by atoms with Crippen molar-refractivity contribution in [2.45, 2.75) is 13.0 Å². The molecule has 0 aliphatic carbocycles. The van der Waals surface area contributed by atoms with Gasteiger partial charge in [-0.1, -0.05) is 18.2 Å². The van der Waals surface area contributed by atoms with E-state index >= 15 is 0 Å². The number of hydrogen-bond donors (Lipinski definition) is 3. The Kier molecular flexibility index (Phi) is 3.65. The highest BCUT2D eigenvalue weighted by atomic mass is 16.3. The minimum Gasteiger partial charge on any atom is -0.506 e. The molecule has 2 aromatic heterocycles. The SMILES string of the molecule is Oc1ccc(CNCCc2c[nH]c3ccccc23)nc1. The van der Waals surface area contributed by atoms with Crippen LogP contribution in [0.25, 0.3) is 10.9 Å². The molecule has 0 atom stereocenters. The second-order valence-electron chi connectivity index (χ2n) is 4.79. The first-order valence-corrected chi connectivity index (χ1v) is 6.72. The van der Waals surface area contributed by atoms with Crippen molar-refractivity contribution < 1.29 is 5.11 Å². The van der Waals surface area contributed by atoms with E-state index in [4.69, 9.17) is 5.11 Å². The molecule has 20 heavy (non-hydrogen) atoms. The predicted octanol–water partition coefficient (Wildman–Crippen LogP) is 2.60. The van der Waals surface area contributed by atoms with Crippen LogP contribution in [0.15, 0.2) is 48.8 Å². The van der Waals surface area contributed by atoms with Gasteiger partial charge in [0.2, 0.25) is 0 Å². The van der Waals surface area contributed by atoms with Crippen LogP contribution >= 0.6 is 0 Å². The van der Waals surface area contributed by atoms with Crippen molar-refractivity contribution in [1.82, 2.24) is 15.3 Å². The number of pyridine rings is 1. The summed E-state index contributed by atoms with van der Waals surface area (Å²) in [5.74, 6) is 0.201. The first-order chi connectivity index (χ1) is 9.83. The van der Waals surface area contributed by atoms with E-state index < -0.39 is 0 Å². The van der Waals surface area contributed by atoms with Gasteiger partial charge >= 0.3 is 0 Å². The molecule has 0 radical (unpaired) electrons. The Morgan fingerprint density at radius 1 is 1.15 bits per heavy atom. The smallest absolute Gasteiger partial charge is 0.133 e. The maximum Gasteiger partial charge on any atom is 0.133 e. The molecular formula is C16H17N3O. The zero-order chi connectivity index (χ0) is 13.8. The second-order valence-corrected chi connectivity index (χ2v) is 4.79. The number of nitrogens with zero attached hydrogens (tertiary/aromatic N) is 1. The van der Waals surface area contributed by atoms with Crippen LogP contribution < -0.4 is 5.32 Å². The number of benzene rings is 1. The molecule has 0 fully saturated rings. The molecule has 0 aliphatic rings. The first-order valence-electron chi connectivity index (χ1n) is 6.72. The highest BCUT2D eigenvalue weighted by Crippen LogP contribution is 2.17. The van der Waals surface area contributed by atoms with E-state index in [9.17, 15) is 0 Å². The number of nitrogens with one attached hydrogen (secondary N) is 2. The summed E-state index contributed by atoms with van der Waals surface area (Å²) in [6.07, 6.45) is 4.52. The summed E-state index contributed by atoms with van der Waals surface area (Å²) in [7, 11) is 0. The van der Waals surface area contributed by atoms with Crippen molar-refractivity contribution >= 4 is 10.9 Å². The van der Waals surface area contributed by atoms with Crippen LogP contribution in [0.3, 0.4) is 0 Å². The van der Waals surface area contributed by atoms with Gasteiger partial charge in [0.1, 0.15) is 5.75 Å². The Labute approximate surface area is 117 Å². The first kappa shape index (κ1) is 12.7. The zero-order valence-corrected chi connectivity index (χ0v) is 11.1. The fourth-order valence-corrected chi connectivity index (χ4v) is 2.30. The monoisotopic (exact) mass is 267 g/mol. The molecule has 1 aromatic carbocycles. The normalized spacial score (nSPS) is 11.0. The Balaban J connectivity index is 1.54. The summed E-state index contributed by atoms with van der Waals surface area (Å²) in [5.41, 5.74) is 3.44. The number of H-pyrrole nitrogens is 1. The average Bonchev–Trinajstić information content (AvgIpc) is 2.89. The lowest BCUT2D eigenvalue weighted by atomic mass is 10.1. The van der Waals surface area contributed by atoms with Gasteiger partial charge in [-0.05, 0) is 36.7 Å². The minimum absolute atomic E-state index is 0.201. The van der Waals surface area contributed by atoms with E-state index in [1.165, 1.54) is 22.7 Å². The highest BCUT2D eigenvalue weighted by Gasteiger charge is 2.02. The van der Waals surface area contributed by atoms with Crippen molar-refractivity contribution in [3.8, 4) is 5.75 Å². The number of aromatic amines is 1. The van der Waals surface area contributed by atoms with E-state index in [1.807, 2.05) is 12.1 Å². The van der Waals surface area contributed by atoms with Gasteiger partial charge in [-0.25, -0.2) is 0 Å². The van der Waals surface area contributed by atoms with Crippen molar-refractivity contribution in [2.75, 3.05) is 6.54 Å². The topological polar surface area (TPSA) is 60.9 Å². The summed E-state index contributed by atoms with van der Waals surface area (Å²) in [5, 5.41) is 13.8. The third-order valence-electron chi connectivity index (χ3n) is 3.36. The van der Waals surface area contributed by atoms with Crippen LogP contribution in [0.1, 0.15) is 11.3 Å². The molecule has 0 unspecified atom stereocenters. The molecule has 3 N–H and O–H groups in total. The Morgan fingerprint density at radius 2 is 2.05 bits per heavy atom. The van der Waals surface area contributed by atoms with Crippen molar-refractivity contribution in [2.24, 2.45) is 0 Å². The number of hydrogen-bond acceptors (Lipinski definition) is 3. The Bertz CT molecular complexity index is 688. The fraction of sp³-hybridized carbons (Fsp3) is 0.188. The van der Waals surface area contributed by atoms with Crippen LogP contribution in [-0.2, 0) is 13.0 Å². The molecule has 3 rings (SSSR count). The van der Waals surface area contributed by atoms with Crippen LogP contribution in [0.4, 0.5) is 0 Å². The van der Waals surface area contributed by atoms with Crippen molar-refractivity contribution in [1.29, 1.82) is 0 Å². The zero-order valence-electron chi connectivity index (χ0n) is 11.1. The third kappa shape index (κ3) is 2.81. The van der Waals surface area contributed by atoms with E-state index in [-0.39, 0.29) is 5.75 Å². The lowest BCUT2D eigenvalue weighted by Gasteiger charge is -2.04. The van der Waals surface area contributed by atoms with Gasteiger partial charge in [-0.3, -0.25) is 4.98 Å². The van der Waals surface area contributed by atoms with Crippen molar-refractivity contribution in [3.63, 3.8) is 0 Å². The molecule has 3 aromatic rings. The van der Waals surface area contributed by atoms with Crippen LogP contribution in [0, 0.1) is 0 Å². The standard InChI is InChI=1S/C16H17N3O/c20-14-6-5-13(18-11-14)10-17-8-7-12-9-19-16-4-2-1-3-15(12)16/h1-6,9,11,17,19-20H,7-8,10H2.